The molecule has 1 fully saturated rings. The quantitative estimate of drug-likeness (QED) is 0.850. The lowest BCUT2D eigenvalue weighted by molar-refractivity contribution is 0.0528. The number of carbonyl (C=O) groups excluding carboxylic acids is 1. The average Bonchev–Trinajstić information content (AvgIpc) is 3.26. The third kappa shape index (κ3) is 3.62. The number of nitrogens with one attached hydrogen (secondary N) is 1. The molecule has 1 aliphatic heterocycles. The zero-order chi connectivity index (χ0) is 18.8. The molecule has 4 rings (SSSR count). The van der Waals surface area contributed by atoms with E-state index in [-0.39, 0.29) is 18.0 Å². The molecule has 2 heterocycles. The maximum absolute atomic E-state index is 12.4. The topological polar surface area (TPSA) is 59.4 Å². The van der Waals surface area contributed by atoms with Crippen LogP contribution in [0, 0.1) is 13.8 Å². The van der Waals surface area contributed by atoms with Gasteiger partial charge in [0.25, 0.3) is 0 Å². The molecule has 2 aliphatic rings. The summed E-state index contributed by atoms with van der Waals surface area (Å²) in [5, 5.41) is 7.90. The van der Waals surface area contributed by atoms with Gasteiger partial charge in [-0.05, 0) is 32.4 Å². The Morgan fingerprint density at radius 1 is 1.15 bits per heavy atom. The monoisotopic (exact) mass is 366 g/mol. The SMILES string of the molecule is Cc1nn(-c2ccccc2)c(C)c1[C@H]1C=C[C@@H](NC(=O)N2CCOCC2)C1. The van der Waals surface area contributed by atoms with Crippen molar-refractivity contribution in [2.24, 2.45) is 0 Å². The highest BCUT2D eigenvalue weighted by molar-refractivity contribution is 5.75. The number of allylic oxidation sites excluding steroid dienone is 1. The molecular weight excluding hydrogens is 340 g/mol. The van der Waals surface area contributed by atoms with E-state index < -0.39 is 0 Å². The Morgan fingerprint density at radius 3 is 2.63 bits per heavy atom. The minimum absolute atomic E-state index is 0.00187. The number of rotatable bonds is 3. The van der Waals surface area contributed by atoms with Gasteiger partial charge in [0, 0.05) is 36.3 Å². The maximum atomic E-state index is 12.4. The fourth-order valence-electron chi connectivity index (χ4n) is 4.05. The van der Waals surface area contributed by atoms with Crippen molar-refractivity contribution in [2.75, 3.05) is 26.3 Å². The van der Waals surface area contributed by atoms with Crippen molar-refractivity contribution < 1.29 is 9.53 Å². The molecule has 27 heavy (non-hydrogen) atoms. The summed E-state index contributed by atoms with van der Waals surface area (Å²) in [7, 11) is 0. The van der Waals surface area contributed by atoms with Crippen LogP contribution in [0.5, 0.6) is 0 Å². The number of nitrogens with zero attached hydrogens (tertiary/aromatic N) is 3. The van der Waals surface area contributed by atoms with Gasteiger partial charge in [-0.15, -0.1) is 0 Å². The molecule has 0 spiro atoms. The lowest BCUT2D eigenvalue weighted by atomic mass is 9.96. The van der Waals surface area contributed by atoms with Gasteiger partial charge in [0.05, 0.1) is 24.6 Å². The van der Waals surface area contributed by atoms with Gasteiger partial charge in [0.15, 0.2) is 0 Å². The molecule has 0 bridgehead atoms. The van der Waals surface area contributed by atoms with Crippen LogP contribution < -0.4 is 5.32 Å². The Morgan fingerprint density at radius 2 is 1.89 bits per heavy atom. The second-order valence-corrected chi connectivity index (χ2v) is 7.21. The number of ether oxygens (including phenoxy) is 1. The Kier molecular flexibility index (Phi) is 4.99. The van der Waals surface area contributed by atoms with Gasteiger partial charge in [0.1, 0.15) is 0 Å². The van der Waals surface area contributed by atoms with Crippen molar-refractivity contribution >= 4 is 6.03 Å². The predicted octanol–water partition coefficient (Wildman–Crippen LogP) is 2.94. The summed E-state index contributed by atoms with van der Waals surface area (Å²) in [4.78, 5) is 14.3. The number of morpholine rings is 1. The Bertz CT molecular complexity index is 837. The number of hydrogen-bond donors (Lipinski definition) is 1. The van der Waals surface area contributed by atoms with Crippen LogP contribution in [0.2, 0.25) is 0 Å². The van der Waals surface area contributed by atoms with Crippen LogP contribution in [0.3, 0.4) is 0 Å². The van der Waals surface area contributed by atoms with E-state index in [0.717, 1.165) is 23.5 Å². The third-order valence-corrected chi connectivity index (χ3v) is 5.41. The highest BCUT2D eigenvalue weighted by Gasteiger charge is 2.28. The van der Waals surface area contributed by atoms with E-state index in [1.54, 1.807) is 0 Å². The zero-order valence-corrected chi connectivity index (χ0v) is 15.9. The van der Waals surface area contributed by atoms with E-state index in [1.165, 1.54) is 5.56 Å². The summed E-state index contributed by atoms with van der Waals surface area (Å²) in [6, 6.07) is 10.3. The third-order valence-electron chi connectivity index (χ3n) is 5.41. The average molecular weight is 366 g/mol. The minimum Gasteiger partial charge on any atom is -0.378 e. The Balaban J connectivity index is 1.46. The van der Waals surface area contributed by atoms with Crippen LogP contribution >= 0.6 is 0 Å². The highest BCUT2D eigenvalue weighted by Crippen LogP contribution is 2.33. The molecule has 2 aromatic rings. The fraction of sp³-hybridized carbons (Fsp3) is 0.429. The van der Waals surface area contributed by atoms with E-state index in [2.05, 4.69) is 43.4 Å². The molecule has 142 valence electrons. The molecule has 1 aromatic carbocycles. The van der Waals surface area contributed by atoms with Crippen LogP contribution in [0.15, 0.2) is 42.5 Å². The first-order chi connectivity index (χ1) is 13.1. The van der Waals surface area contributed by atoms with Gasteiger partial charge in [-0.25, -0.2) is 9.48 Å². The predicted molar refractivity (Wildman–Crippen MR) is 104 cm³/mol. The molecule has 1 aliphatic carbocycles. The maximum Gasteiger partial charge on any atom is 0.318 e. The van der Waals surface area contributed by atoms with Gasteiger partial charge in [-0.1, -0.05) is 30.4 Å². The molecule has 6 nitrogen and oxygen atoms in total. The smallest absolute Gasteiger partial charge is 0.318 e. The number of para-hydroxylation sites is 1. The van der Waals surface area contributed by atoms with Crippen LogP contribution in [-0.4, -0.2) is 53.1 Å². The first-order valence-corrected chi connectivity index (χ1v) is 9.56. The van der Waals surface area contributed by atoms with Gasteiger partial charge < -0.3 is 15.0 Å². The number of hydrogen-bond acceptors (Lipinski definition) is 3. The van der Waals surface area contributed by atoms with Crippen LogP contribution in [0.25, 0.3) is 5.69 Å². The van der Waals surface area contributed by atoms with Crippen LogP contribution in [0.4, 0.5) is 4.79 Å². The van der Waals surface area contributed by atoms with Crippen LogP contribution in [-0.2, 0) is 4.74 Å². The van der Waals surface area contributed by atoms with Gasteiger partial charge in [-0.2, -0.15) is 5.10 Å². The van der Waals surface area contributed by atoms with Gasteiger partial charge >= 0.3 is 6.03 Å². The van der Waals surface area contributed by atoms with Gasteiger partial charge in [-0.3, -0.25) is 0 Å². The first kappa shape index (κ1) is 17.8. The van der Waals surface area contributed by atoms with Crippen molar-refractivity contribution in [3.63, 3.8) is 0 Å². The molecule has 0 saturated carbocycles. The molecular formula is C21H26N4O2. The summed E-state index contributed by atoms with van der Waals surface area (Å²) >= 11 is 0. The van der Waals surface area contributed by atoms with E-state index >= 15 is 0 Å². The molecule has 2 amide bonds. The summed E-state index contributed by atoms with van der Waals surface area (Å²) in [5.41, 5.74) is 4.54. The molecule has 2 atom stereocenters. The lowest BCUT2D eigenvalue weighted by Crippen LogP contribution is -2.48. The van der Waals surface area contributed by atoms with E-state index in [9.17, 15) is 4.79 Å². The number of urea groups is 1. The van der Waals surface area contributed by atoms with Crippen LogP contribution in [0.1, 0.15) is 29.3 Å². The zero-order valence-electron chi connectivity index (χ0n) is 15.9. The van der Waals surface area contributed by atoms with Crippen molar-refractivity contribution in [3.05, 3.63) is 59.4 Å². The Labute approximate surface area is 159 Å². The fourth-order valence-corrected chi connectivity index (χ4v) is 4.05. The first-order valence-electron chi connectivity index (χ1n) is 9.56. The second kappa shape index (κ2) is 7.56. The summed E-state index contributed by atoms with van der Waals surface area (Å²) in [6.07, 6.45) is 5.19. The van der Waals surface area contributed by atoms with Crippen molar-refractivity contribution in [1.82, 2.24) is 20.0 Å². The summed E-state index contributed by atoms with van der Waals surface area (Å²) < 4.78 is 7.33. The molecule has 1 aromatic heterocycles. The number of aromatic nitrogens is 2. The lowest BCUT2D eigenvalue weighted by Gasteiger charge is -2.28. The van der Waals surface area contributed by atoms with E-state index in [1.807, 2.05) is 27.8 Å². The van der Waals surface area contributed by atoms with Crippen molar-refractivity contribution in [1.29, 1.82) is 0 Å². The summed E-state index contributed by atoms with van der Waals surface area (Å²) in [5.74, 6) is 0.275. The van der Waals surface area contributed by atoms with Crippen molar-refractivity contribution in [3.8, 4) is 5.69 Å². The standard InChI is InChI=1S/C21H26N4O2/c1-15-20(16(2)25(23-15)19-6-4-3-5-7-19)17-8-9-18(14-17)22-21(26)24-10-12-27-13-11-24/h3-9,17-18H,10-14H2,1-2H3,(H,22,26)/t17-,18+/m0/s1. The molecule has 1 N–H and O–H groups in total. The van der Waals surface area contributed by atoms with E-state index in [0.29, 0.717) is 26.3 Å². The molecule has 0 unspecified atom stereocenters. The number of aryl methyl sites for hydroxylation is 1. The molecule has 0 radical (unpaired) electrons. The normalized spacial score (nSPS) is 22.2. The molecule has 1 saturated heterocycles. The Hall–Kier alpha value is -2.60. The molecule has 6 heteroatoms. The highest BCUT2D eigenvalue weighted by atomic mass is 16.5. The second-order valence-electron chi connectivity index (χ2n) is 7.21. The van der Waals surface area contributed by atoms with E-state index in [4.69, 9.17) is 9.84 Å². The number of amides is 2. The minimum atomic E-state index is 0.00187. The largest absolute Gasteiger partial charge is 0.378 e. The van der Waals surface area contributed by atoms with Crippen molar-refractivity contribution in [2.45, 2.75) is 32.2 Å². The number of benzene rings is 1. The number of carbonyl (C=O) groups is 1. The van der Waals surface area contributed by atoms with Gasteiger partial charge in [0.2, 0.25) is 0 Å². The summed E-state index contributed by atoms with van der Waals surface area (Å²) in [6.45, 7) is 6.74.